The zero-order valence-corrected chi connectivity index (χ0v) is 17.1. The highest BCUT2D eigenvalue weighted by molar-refractivity contribution is 6.30. The molecule has 1 heterocycles. The van der Waals surface area contributed by atoms with Crippen LogP contribution in [0.2, 0.25) is 5.02 Å². The Morgan fingerprint density at radius 1 is 1.28 bits per heavy atom. The van der Waals surface area contributed by atoms with Gasteiger partial charge in [-0.2, -0.15) is 0 Å². The van der Waals surface area contributed by atoms with Gasteiger partial charge in [-0.1, -0.05) is 24.4 Å². The standard InChI is InChI=1S/C21H26ClF2N3O2/c1-11-21(27-20(29)25-11)9-8-13(10-21)19(28)26-18(12-4-2-3-5-12)16-15(23)7-6-14(22)17(16)24/h6-7,11-13,18H,2-5,8-10H2,1H3,(H,26,28)(H2,25,27,29)/t11-,13+,18+,21+/m1/s1. The summed E-state index contributed by atoms with van der Waals surface area (Å²) in [4.78, 5) is 24.8. The van der Waals surface area contributed by atoms with Crippen molar-refractivity contribution in [2.24, 2.45) is 11.8 Å². The van der Waals surface area contributed by atoms with Crippen LogP contribution in [0.3, 0.4) is 0 Å². The molecule has 3 amide bonds. The molecule has 8 heteroatoms. The molecule has 1 spiro atoms. The fraction of sp³-hybridized carbons (Fsp3) is 0.619. The number of amides is 3. The Kier molecular flexibility index (Phi) is 5.44. The van der Waals surface area contributed by atoms with E-state index in [4.69, 9.17) is 11.6 Å². The lowest BCUT2D eigenvalue weighted by atomic mass is 9.88. The summed E-state index contributed by atoms with van der Waals surface area (Å²) in [6.07, 6.45) is 5.39. The van der Waals surface area contributed by atoms with Gasteiger partial charge in [0.1, 0.15) is 11.6 Å². The number of urea groups is 1. The molecule has 0 aromatic heterocycles. The molecule has 1 aromatic rings. The zero-order chi connectivity index (χ0) is 20.8. The Labute approximate surface area is 173 Å². The summed E-state index contributed by atoms with van der Waals surface area (Å²) in [5, 5.41) is 8.61. The van der Waals surface area contributed by atoms with Crippen LogP contribution in [-0.4, -0.2) is 23.5 Å². The first kappa shape index (κ1) is 20.4. The van der Waals surface area contributed by atoms with Crippen LogP contribution >= 0.6 is 11.6 Å². The molecule has 0 unspecified atom stereocenters. The molecule has 4 atom stereocenters. The molecular formula is C21H26ClF2N3O2. The fourth-order valence-electron chi connectivity index (χ4n) is 5.33. The van der Waals surface area contributed by atoms with Gasteiger partial charge in [0, 0.05) is 11.5 Å². The maximum atomic E-state index is 14.7. The van der Waals surface area contributed by atoms with Crippen LogP contribution in [0.25, 0.3) is 0 Å². The Morgan fingerprint density at radius 3 is 2.66 bits per heavy atom. The van der Waals surface area contributed by atoms with Crippen molar-refractivity contribution in [1.82, 2.24) is 16.0 Å². The van der Waals surface area contributed by atoms with Crippen molar-refractivity contribution >= 4 is 23.5 Å². The predicted molar refractivity (Wildman–Crippen MR) is 105 cm³/mol. The molecule has 3 N–H and O–H groups in total. The van der Waals surface area contributed by atoms with E-state index in [1.807, 2.05) is 6.92 Å². The van der Waals surface area contributed by atoms with Gasteiger partial charge >= 0.3 is 6.03 Å². The Hall–Kier alpha value is -1.89. The minimum atomic E-state index is -0.798. The van der Waals surface area contributed by atoms with Gasteiger partial charge in [-0.25, -0.2) is 13.6 Å². The number of hydrogen-bond acceptors (Lipinski definition) is 2. The van der Waals surface area contributed by atoms with Crippen molar-refractivity contribution in [3.8, 4) is 0 Å². The summed E-state index contributed by atoms with van der Waals surface area (Å²) in [7, 11) is 0. The predicted octanol–water partition coefficient (Wildman–Crippen LogP) is 4.21. The van der Waals surface area contributed by atoms with Crippen molar-refractivity contribution in [2.75, 3.05) is 0 Å². The normalized spacial score (nSPS) is 30.4. The molecule has 3 aliphatic rings. The van der Waals surface area contributed by atoms with Crippen molar-refractivity contribution in [1.29, 1.82) is 0 Å². The Balaban J connectivity index is 1.55. The summed E-state index contributed by atoms with van der Waals surface area (Å²) >= 11 is 5.91. The third kappa shape index (κ3) is 3.69. The molecule has 3 fully saturated rings. The van der Waals surface area contributed by atoms with Gasteiger partial charge in [0.05, 0.1) is 22.6 Å². The smallest absolute Gasteiger partial charge is 0.315 e. The van der Waals surface area contributed by atoms with Crippen LogP contribution in [0, 0.1) is 23.5 Å². The lowest BCUT2D eigenvalue weighted by Gasteiger charge is -2.29. The van der Waals surface area contributed by atoms with Crippen LogP contribution < -0.4 is 16.0 Å². The lowest BCUT2D eigenvalue weighted by molar-refractivity contribution is -0.126. The number of halogens is 3. The third-order valence-electron chi connectivity index (χ3n) is 7.02. The topological polar surface area (TPSA) is 70.2 Å². The van der Waals surface area contributed by atoms with E-state index in [9.17, 15) is 18.4 Å². The van der Waals surface area contributed by atoms with E-state index in [2.05, 4.69) is 16.0 Å². The summed E-state index contributed by atoms with van der Waals surface area (Å²) in [5.41, 5.74) is -0.580. The fourth-order valence-corrected chi connectivity index (χ4v) is 5.49. The average molecular weight is 426 g/mol. The molecule has 5 nitrogen and oxygen atoms in total. The minimum absolute atomic E-state index is 0.0245. The molecule has 29 heavy (non-hydrogen) atoms. The van der Waals surface area contributed by atoms with Crippen LogP contribution in [0.1, 0.15) is 63.5 Å². The number of nitrogens with one attached hydrogen (secondary N) is 3. The number of carbonyl (C=O) groups is 2. The summed E-state index contributed by atoms with van der Waals surface area (Å²) in [6, 6.07) is 1.32. The highest BCUT2D eigenvalue weighted by Crippen LogP contribution is 2.42. The second-order valence-corrected chi connectivity index (χ2v) is 9.11. The molecular weight excluding hydrogens is 400 g/mol. The van der Waals surface area contributed by atoms with Gasteiger partial charge < -0.3 is 16.0 Å². The largest absolute Gasteiger partial charge is 0.349 e. The first-order valence-electron chi connectivity index (χ1n) is 10.3. The second kappa shape index (κ2) is 7.74. The van der Waals surface area contributed by atoms with Gasteiger partial charge in [-0.15, -0.1) is 0 Å². The van der Waals surface area contributed by atoms with E-state index in [1.54, 1.807) is 0 Å². The van der Waals surface area contributed by atoms with Gasteiger partial charge in [0.2, 0.25) is 5.91 Å². The van der Waals surface area contributed by atoms with Crippen molar-refractivity contribution in [3.05, 3.63) is 34.4 Å². The van der Waals surface area contributed by atoms with E-state index >= 15 is 0 Å². The molecule has 1 aromatic carbocycles. The average Bonchev–Trinajstić information content (AvgIpc) is 3.39. The van der Waals surface area contributed by atoms with E-state index < -0.39 is 23.2 Å². The highest BCUT2D eigenvalue weighted by atomic mass is 35.5. The Morgan fingerprint density at radius 2 is 2.00 bits per heavy atom. The maximum Gasteiger partial charge on any atom is 0.315 e. The molecule has 0 radical (unpaired) electrons. The van der Waals surface area contributed by atoms with E-state index in [0.717, 1.165) is 31.7 Å². The first-order valence-corrected chi connectivity index (χ1v) is 10.7. The molecule has 0 bridgehead atoms. The first-order chi connectivity index (χ1) is 13.8. The van der Waals surface area contributed by atoms with Crippen LogP contribution in [0.15, 0.2) is 12.1 Å². The lowest BCUT2D eigenvalue weighted by Crippen LogP contribution is -2.47. The van der Waals surface area contributed by atoms with Crippen molar-refractivity contribution < 1.29 is 18.4 Å². The number of benzene rings is 1. The third-order valence-corrected chi connectivity index (χ3v) is 7.31. The van der Waals surface area contributed by atoms with E-state index in [1.165, 1.54) is 6.07 Å². The maximum absolute atomic E-state index is 14.7. The van der Waals surface area contributed by atoms with Gasteiger partial charge in [0.25, 0.3) is 0 Å². The SMILES string of the molecule is C[C@H]1NC(=O)N[C@]12CC[C@H](C(=O)N[C@H](c1c(F)ccc(Cl)c1F)C1CCCC1)C2. The van der Waals surface area contributed by atoms with E-state index in [0.29, 0.717) is 19.3 Å². The van der Waals surface area contributed by atoms with Crippen molar-refractivity contribution in [2.45, 2.75) is 69.5 Å². The van der Waals surface area contributed by atoms with Gasteiger partial charge in [-0.05, 0) is 57.1 Å². The molecule has 1 aliphatic heterocycles. The zero-order valence-electron chi connectivity index (χ0n) is 16.4. The molecule has 4 rings (SSSR count). The summed E-state index contributed by atoms with van der Waals surface area (Å²) in [5.74, 6) is -2.04. The quantitative estimate of drug-likeness (QED) is 0.632. The summed E-state index contributed by atoms with van der Waals surface area (Å²) in [6.45, 7) is 1.93. The van der Waals surface area contributed by atoms with Gasteiger partial charge in [0.15, 0.2) is 0 Å². The van der Waals surface area contributed by atoms with Crippen LogP contribution in [0.5, 0.6) is 0 Å². The van der Waals surface area contributed by atoms with Crippen LogP contribution in [0.4, 0.5) is 13.6 Å². The van der Waals surface area contributed by atoms with Crippen LogP contribution in [-0.2, 0) is 4.79 Å². The van der Waals surface area contributed by atoms with Crippen molar-refractivity contribution in [3.63, 3.8) is 0 Å². The minimum Gasteiger partial charge on any atom is -0.349 e. The number of hydrogen-bond donors (Lipinski definition) is 3. The molecule has 2 aliphatic carbocycles. The second-order valence-electron chi connectivity index (χ2n) is 8.70. The summed E-state index contributed by atoms with van der Waals surface area (Å²) < 4.78 is 29.3. The Bertz CT molecular complexity index is 830. The van der Waals surface area contributed by atoms with Gasteiger partial charge in [-0.3, -0.25) is 4.79 Å². The number of carbonyl (C=O) groups excluding carboxylic acids is 2. The molecule has 158 valence electrons. The van der Waals surface area contributed by atoms with E-state index in [-0.39, 0.29) is 40.4 Å². The molecule has 2 saturated carbocycles. The monoisotopic (exact) mass is 425 g/mol. The number of rotatable bonds is 4. The highest BCUT2D eigenvalue weighted by Gasteiger charge is 2.51. The molecule has 1 saturated heterocycles.